The maximum Gasteiger partial charge on any atom is 0.416 e. The van der Waals surface area contributed by atoms with E-state index >= 15 is 0 Å². The molecule has 0 saturated carbocycles. The smallest absolute Gasteiger partial charge is 0.416 e. The first-order chi connectivity index (χ1) is 11.8. The molecule has 0 spiro atoms. The Balaban J connectivity index is 2.16. The molecule has 7 heteroatoms. The predicted molar refractivity (Wildman–Crippen MR) is 86.7 cm³/mol. The molecule has 0 atom stereocenters. The van der Waals surface area contributed by atoms with Gasteiger partial charge in [0.25, 0.3) is 0 Å². The van der Waals surface area contributed by atoms with Crippen molar-refractivity contribution in [1.29, 1.82) is 0 Å². The molecular weight excluding hydrogens is 333 g/mol. The standard InChI is InChI=1S/C18H13F3N2O2/c1-11-10-14(6-7-16(11)24)23-15(8-9-22-17(23)25)12-2-4-13(5-3-12)18(19,20)21/h2-10,24H,1H3. The van der Waals surface area contributed by atoms with Gasteiger partial charge in [-0.3, -0.25) is 4.57 Å². The van der Waals surface area contributed by atoms with Gasteiger partial charge in [-0.25, -0.2) is 9.78 Å². The number of phenols is 1. The molecule has 1 heterocycles. The Morgan fingerprint density at radius 1 is 1.04 bits per heavy atom. The Hall–Kier alpha value is -3.09. The lowest BCUT2D eigenvalue weighted by Crippen LogP contribution is -2.22. The zero-order chi connectivity index (χ0) is 18.2. The minimum absolute atomic E-state index is 0.0803. The van der Waals surface area contributed by atoms with Crippen LogP contribution in [0.3, 0.4) is 0 Å². The number of hydrogen-bond donors (Lipinski definition) is 1. The second kappa shape index (κ2) is 6.08. The number of aromatic hydroxyl groups is 1. The fraction of sp³-hybridized carbons (Fsp3) is 0.111. The molecule has 1 aromatic heterocycles. The molecule has 0 saturated heterocycles. The van der Waals surface area contributed by atoms with Crippen LogP contribution in [0.15, 0.2) is 59.5 Å². The van der Waals surface area contributed by atoms with Gasteiger partial charge in [0.2, 0.25) is 0 Å². The van der Waals surface area contributed by atoms with E-state index in [1.807, 2.05) is 0 Å². The van der Waals surface area contributed by atoms with Crippen molar-refractivity contribution < 1.29 is 18.3 Å². The molecule has 3 rings (SSSR count). The number of phenolic OH excluding ortho intramolecular Hbond substituents is 1. The van der Waals surface area contributed by atoms with Crippen LogP contribution in [0.25, 0.3) is 16.9 Å². The SMILES string of the molecule is Cc1cc(-n2c(-c3ccc(C(F)(F)F)cc3)ccnc2=O)ccc1O. The lowest BCUT2D eigenvalue weighted by Gasteiger charge is -2.14. The Morgan fingerprint density at radius 2 is 1.72 bits per heavy atom. The molecular formula is C18H13F3N2O2. The van der Waals surface area contributed by atoms with Crippen molar-refractivity contribution in [2.24, 2.45) is 0 Å². The number of aromatic nitrogens is 2. The summed E-state index contributed by atoms with van der Waals surface area (Å²) in [4.78, 5) is 16.0. The molecule has 3 aromatic rings. The highest BCUT2D eigenvalue weighted by molar-refractivity contribution is 5.63. The van der Waals surface area contributed by atoms with Gasteiger partial charge in [-0.2, -0.15) is 13.2 Å². The molecule has 4 nitrogen and oxygen atoms in total. The number of rotatable bonds is 2. The summed E-state index contributed by atoms with van der Waals surface area (Å²) in [5.74, 6) is 0.0803. The van der Waals surface area contributed by atoms with Gasteiger partial charge in [-0.1, -0.05) is 12.1 Å². The summed E-state index contributed by atoms with van der Waals surface area (Å²) in [6, 6.07) is 10.7. The van der Waals surface area contributed by atoms with Crippen molar-refractivity contribution in [3.63, 3.8) is 0 Å². The topological polar surface area (TPSA) is 55.1 Å². The second-order valence-corrected chi connectivity index (χ2v) is 5.49. The lowest BCUT2D eigenvalue weighted by atomic mass is 10.1. The fourth-order valence-corrected chi connectivity index (χ4v) is 2.49. The van der Waals surface area contributed by atoms with Gasteiger partial charge >= 0.3 is 11.9 Å². The van der Waals surface area contributed by atoms with Crippen molar-refractivity contribution in [2.45, 2.75) is 13.1 Å². The van der Waals surface area contributed by atoms with E-state index in [0.29, 0.717) is 22.5 Å². The number of hydrogen-bond acceptors (Lipinski definition) is 3. The molecule has 1 N–H and O–H groups in total. The van der Waals surface area contributed by atoms with Crippen molar-refractivity contribution >= 4 is 0 Å². The molecule has 0 aliphatic rings. The third-order valence-corrected chi connectivity index (χ3v) is 3.80. The van der Waals surface area contributed by atoms with E-state index in [4.69, 9.17) is 0 Å². The van der Waals surface area contributed by atoms with Crippen LogP contribution in [0.5, 0.6) is 5.75 Å². The van der Waals surface area contributed by atoms with Crippen molar-refractivity contribution in [1.82, 2.24) is 9.55 Å². The molecule has 0 aliphatic carbocycles. The minimum atomic E-state index is -4.43. The van der Waals surface area contributed by atoms with Crippen molar-refractivity contribution in [2.75, 3.05) is 0 Å². The van der Waals surface area contributed by atoms with Gasteiger partial charge in [0.05, 0.1) is 16.9 Å². The number of nitrogens with zero attached hydrogens (tertiary/aromatic N) is 2. The molecule has 0 unspecified atom stereocenters. The van der Waals surface area contributed by atoms with E-state index in [-0.39, 0.29) is 5.75 Å². The Labute approximate surface area is 140 Å². The van der Waals surface area contributed by atoms with Gasteiger partial charge in [0, 0.05) is 6.20 Å². The molecule has 2 aromatic carbocycles. The number of benzene rings is 2. The summed E-state index contributed by atoms with van der Waals surface area (Å²) in [6.07, 6.45) is -3.12. The van der Waals surface area contributed by atoms with Crippen LogP contribution in [-0.2, 0) is 6.18 Å². The summed E-state index contributed by atoms with van der Waals surface area (Å²) in [5.41, 5.74) is 0.536. The number of halogens is 3. The maximum atomic E-state index is 12.7. The summed E-state index contributed by atoms with van der Waals surface area (Å²) < 4.78 is 39.5. The monoisotopic (exact) mass is 346 g/mol. The molecule has 128 valence electrons. The van der Waals surface area contributed by atoms with E-state index in [1.165, 1.54) is 29.0 Å². The molecule has 0 fully saturated rings. The van der Waals surface area contributed by atoms with E-state index in [0.717, 1.165) is 12.1 Å². The highest BCUT2D eigenvalue weighted by Crippen LogP contribution is 2.31. The maximum absolute atomic E-state index is 12.7. The first-order valence-electron chi connectivity index (χ1n) is 7.33. The highest BCUT2D eigenvalue weighted by atomic mass is 19.4. The predicted octanol–water partition coefficient (Wildman–Crippen LogP) is 3.93. The summed E-state index contributed by atoms with van der Waals surface area (Å²) in [5, 5.41) is 9.64. The molecule has 0 bridgehead atoms. The van der Waals surface area contributed by atoms with Gasteiger partial charge in [0.15, 0.2) is 0 Å². The first-order valence-corrected chi connectivity index (χ1v) is 7.33. The van der Waals surface area contributed by atoms with Crippen LogP contribution in [0.4, 0.5) is 13.2 Å². The van der Waals surface area contributed by atoms with Crippen molar-refractivity contribution in [3.8, 4) is 22.7 Å². The third kappa shape index (κ3) is 3.26. The first kappa shape index (κ1) is 16.8. The summed E-state index contributed by atoms with van der Waals surface area (Å²) in [7, 11) is 0. The normalized spacial score (nSPS) is 11.5. The van der Waals surface area contributed by atoms with Gasteiger partial charge in [-0.05, 0) is 54.4 Å². The van der Waals surface area contributed by atoms with E-state index in [1.54, 1.807) is 25.1 Å². The van der Waals surface area contributed by atoms with Crippen LogP contribution in [0, 0.1) is 6.92 Å². The van der Waals surface area contributed by atoms with Crippen LogP contribution in [-0.4, -0.2) is 14.7 Å². The zero-order valence-electron chi connectivity index (χ0n) is 13.1. The van der Waals surface area contributed by atoms with Crippen LogP contribution < -0.4 is 5.69 Å². The second-order valence-electron chi connectivity index (χ2n) is 5.49. The summed E-state index contributed by atoms with van der Waals surface area (Å²) in [6.45, 7) is 1.68. The Morgan fingerprint density at radius 3 is 2.32 bits per heavy atom. The van der Waals surface area contributed by atoms with Crippen LogP contribution in [0.2, 0.25) is 0 Å². The van der Waals surface area contributed by atoms with Crippen LogP contribution in [0.1, 0.15) is 11.1 Å². The minimum Gasteiger partial charge on any atom is -0.508 e. The Bertz CT molecular complexity index is 977. The summed E-state index contributed by atoms with van der Waals surface area (Å²) >= 11 is 0. The fourth-order valence-electron chi connectivity index (χ4n) is 2.49. The average Bonchev–Trinajstić information content (AvgIpc) is 2.57. The van der Waals surface area contributed by atoms with Gasteiger partial charge in [-0.15, -0.1) is 0 Å². The van der Waals surface area contributed by atoms with E-state index in [2.05, 4.69) is 4.98 Å². The molecule has 25 heavy (non-hydrogen) atoms. The zero-order valence-corrected chi connectivity index (χ0v) is 13.1. The van der Waals surface area contributed by atoms with Crippen molar-refractivity contribution in [3.05, 3.63) is 76.3 Å². The lowest BCUT2D eigenvalue weighted by molar-refractivity contribution is -0.137. The average molecular weight is 346 g/mol. The molecule has 0 aliphatic heterocycles. The van der Waals surface area contributed by atoms with E-state index < -0.39 is 17.4 Å². The largest absolute Gasteiger partial charge is 0.508 e. The number of aryl methyl sites for hydroxylation is 1. The molecule has 0 amide bonds. The van der Waals surface area contributed by atoms with Crippen LogP contribution >= 0.6 is 0 Å². The van der Waals surface area contributed by atoms with Gasteiger partial charge in [0.1, 0.15) is 5.75 Å². The Kier molecular flexibility index (Phi) is 4.08. The van der Waals surface area contributed by atoms with Gasteiger partial charge < -0.3 is 5.11 Å². The quantitative estimate of drug-likeness (QED) is 0.765. The molecule has 0 radical (unpaired) electrons. The third-order valence-electron chi connectivity index (χ3n) is 3.80. The highest BCUT2D eigenvalue weighted by Gasteiger charge is 2.30. The number of alkyl halides is 3. The van der Waals surface area contributed by atoms with E-state index in [9.17, 15) is 23.1 Å².